The van der Waals surface area contributed by atoms with Crippen LogP contribution in [0, 0.1) is 0 Å². The zero-order chi connectivity index (χ0) is 22.2. The molecule has 2 aliphatic rings. The van der Waals surface area contributed by atoms with Crippen molar-refractivity contribution in [3.05, 3.63) is 72.3 Å². The fraction of sp³-hybridized carbons (Fsp3) is 0.292. The lowest BCUT2D eigenvalue weighted by molar-refractivity contribution is -0.143. The van der Waals surface area contributed by atoms with Crippen LogP contribution in [0.1, 0.15) is 28.8 Å². The number of carbonyl (C=O) groups excluding carboxylic acids is 3. The van der Waals surface area contributed by atoms with Gasteiger partial charge in [-0.1, -0.05) is 30.3 Å². The Morgan fingerprint density at radius 2 is 1.90 bits per heavy atom. The molecule has 0 radical (unpaired) electrons. The van der Waals surface area contributed by atoms with Crippen LogP contribution in [0.3, 0.4) is 0 Å². The molecule has 3 amide bonds. The van der Waals surface area contributed by atoms with E-state index in [1.165, 1.54) is 9.80 Å². The monoisotopic (exact) mass is 435 g/mol. The maximum atomic E-state index is 13.9. The summed E-state index contributed by atoms with van der Waals surface area (Å²) in [5.41, 5.74) is 0.545. The number of carbonyl (C=O) groups is 3. The largest absolute Gasteiger partial charge is 0.338 e. The zero-order valence-electron chi connectivity index (χ0n) is 17.7. The predicted molar refractivity (Wildman–Crippen MR) is 122 cm³/mol. The molecule has 1 fully saturated rings. The summed E-state index contributed by atoms with van der Waals surface area (Å²) in [6.45, 7) is 4.34. The van der Waals surface area contributed by atoms with Gasteiger partial charge in [-0.15, -0.1) is 18.3 Å². The standard InChI is InChI=1S/C24H25N3O3S/c1-4-15-26-22(29)19-7-5-6-8-20(19)27-21(28)13-14-24(26,27)23(30)25(2)16-17-9-11-18(31-3)12-10-17/h4-12H,1,13-16H2,2-3H3/t24-/m1/s1. The van der Waals surface area contributed by atoms with Gasteiger partial charge in [0.25, 0.3) is 11.8 Å². The lowest BCUT2D eigenvalue weighted by atomic mass is 9.95. The molecule has 0 aromatic heterocycles. The Morgan fingerprint density at radius 3 is 2.58 bits per heavy atom. The number of hydrogen-bond donors (Lipinski definition) is 0. The molecule has 2 aliphatic heterocycles. The van der Waals surface area contributed by atoms with Crippen LogP contribution in [-0.2, 0) is 16.1 Å². The van der Waals surface area contributed by atoms with E-state index in [0.29, 0.717) is 17.8 Å². The molecule has 2 heterocycles. The van der Waals surface area contributed by atoms with Crippen molar-refractivity contribution < 1.29 is 14.4 Å². The van der Waals surface area contributed by atoms with E-state index in [0.717, 1.165) is 10.5 Å². The molecule has 4 rings (SSSR count). The average Bonchev–Trinajstić information content (AvgIpc) is 3.14. The van der Waals surface area contributed by atoms with Gasteiger partial charge in [-0.2, -0.15) is 0 Å². The third kappa shape index (κ3) is 3.33. The molecule has 0 spiro atoms. The van der Waals surface area contributed by atoms with E-state index >= 15 is 0 Å². The van der Waals surface area contributed by atoms with Crippen LogP contribution in [0.15, 0.2) is 66.1 Å². The molecule has 2 aromatic carbocycles. The van der Waals surface area contributed by atoms with Crippen molar-refractivity contribution in [1.82, 2.24) is 9.80 Å². The summed E-state index contributed by atoms with van der Waals surface area (Å²) >= 11 is 1.66. The van der Waals surface area contributed by atoms with Gasteiger partial charge in [-0.25, -0.2) is 0 Å². The first kappa shape index (κ1) is 21.2. The van der Waals surface area contributed by atoms with Gasteiger partial charge in [0.2, 0.25) is 11.6 Å². The Hall–Kier alpha value is -3.06. The Morgan fingerprint density at radius 1 is 1.19 bits per heavy atom. The molecule has 160 valence electrons. The molecule has 1 atom stereocenters. The van der Waals surface area contributed by atoms with Crippen molar-refractivity contribution in [2.45, 2.75) is 29.9 Å². The Labute approximate surface area is 186 Å². The molecular formula is C24H25N3O3S. The van der Waals surface area contributed by atoms with Crippen LogP contribution in [0.2, 0.25) is 0 Å². The minimum atomic E-state index is -1.37. The van der Waals surface area contributed by atoms with E-state index in [4.69, 9.17) is 0 Å². The first-order chi connectivity index (χ1) is 14.9. The SMILES string of the molecule is C=CCN1C(=O)c2ccccc2N2C(=O)CC[C@@]12C(=O)N(C)Cc1ccc(SC)cc1. The van der Waals surface area contributed by atoms with Crippen molar-refractivity contribution in [3.8, 4) is 0 Å². The van der Waals surface area contributed by atoms with Crippen molar-refractivity contribution in [2.24, 2.45) is 0 Å². The van der Waals surface area contributed by atoms with E-state index in [1.54, 1.807) is 54.1 Å². The maximum Gasteiger partial charge on any atom is 0.270 e. The number of anilines is 1. The quantitative estimate of drug-likeness (QED) is 0.514. The second kappa shape index (κ2) is 8.23. The number of benzene rings is 2. The van der Waals surface area contributed by atoms with Crippen molar-refractivity contribution in [3.63, 3.8) is 0 Å². The molecule has 2 aromatic rings. The summed E-state index contributed by atoms with van der Waals surface area (Å²) in [6, 6.07) is 15.0. The number of amides is 3. The first-order valence-electron chi connectivity index (χ1n) is 10.2. The van der Waals surface area contributed by atoms with Gasteiger partial charge in [0, 0.05) is 37.9 Å². The highest BCUT2D eigenvalue weighted by molar-refractivity contribution is 7.98. The summed E-state index contributed by atoms with van der Waals surface area (Å²) in [5.74, 6) is -0.676. The van der Waals surface area contributed by atoms with Crippen molar-refractivity contribution >= 4 is 35.2 Å². The number of para-hydroxylation sites is 1. The Bertz CT molecular complexity index is 1050. The summed E-state index contributed by atoms with van der Waals surface area (Å²) < 4.78 is 0. The summed E-state index contributed by atoms with van der Waals surface area (Å²) in [6.07, 6.45) is 4.08. The Kier molecular flexibility index (Phi) is 5.62. The van der Waals surface area contributed by atoms with Gasteiger partial charge in [-0.3, -0.25) is 19.3 Å². The number of nitrogens with zero attached hydrogens (tertiary/aromatic N) is 3. The van der Waals surface area contributed by atoms with E-state index in [-0.39, 0.29) is 37.1 Å². The normalized spacial score (nSPS) is 19.8. The van der Waals surface area contributed by atoms with Gasteiger partial charge in [0.15, 0.2) is 0 Å². The van der Waals surface area contributed by atoms with E-state index in [1.807, 2.05) is 30.5 Å². The molecule has 0 bridgehead atoms. The fourth-order valence-corrected chi connectivity index (χ4v) is 4.93. The van der Waals surface area contributed by atoms with Crippen LogP contribution in [0.4, 0.5) is 5.69 Å². The predicted octanol–water partition coefficient (Wildman–Crippen LogP) is 3.53. The minimum Gasteiger partial charge on any atom is -0.338 e. The van der Waals surface area contributed by atoms with Crippen LogP contribution in [0.5, 0.6) is 0 Å². The number of hydrogen-bond acceptors (Lipinski definition) is 4. The summed E-state index contributed by atoms with van der Waals surface area (Å²) in [4.78, 5) is 46.1. The molecule has 0 unspecified atom stereocenters. The first-order valence-corrected chi connectivity index (χ1v) is 11.4. The lowest BCUT2D eigenvalue weighted by Crippen LogP contribution is -2.70. The second-order valence-electron chi connectivity index (χ2n) is 7.78. The number of likely N-dealkylation sites (N-methyl/N-ethyl adjacent to an activating group) is 1. The third-order valence-corrected chi connectivity index (χ3v) is 6.70. The maximum absolute atomic E-state index is 13.9. The highest BCUT2D eigenvalue weighted by Gasteiger charge is 2.61. The molecule has 0 saturated carbocycles. The van der Waals surface area contributed by atoms with Crippen LogP contribution < -0.4 is 4.90 Å². The Balaban J connectivity index is 1.75. The van der Waals surface area contributed by atoms with Gasteiger partial charge < -0.3 is 9.80 Å². The molecule has 6 nitrogen and oxygen atoms in total. The van der Waals surface area contributed by atoms with Gasteiger partial charge in [0.05, 0.1) is 11.3 Å². The number of thioether (sulfide) groups is 1. The van der Waals surface area contributed by atoms with Crippen molar-refractivity contribution in [2.75, 3.05) is 24.7 Å². The van der Waals surface area contributed by atoms with E-state index in [9.17, 15) is 14.4 Å². The van der Waals surface area contributed by atoms with E-state index in [2.05, 4.69) is 6.58 Å². The molecule has 31 heavy (non-hydrogen) atoms. The summed E-state index contributed by atoms with van der Waals surface area (Å²) in [5, 5.41) is 0. The third-order valence-electron chi connectivity index (χ3n) is 5.95. The van der Waals surface area contributed by atoms with Crippen LogP contribution >= 0.6 is 11.8 Å². The van der Waals surface area contributed by atoms with Crippen LogP contribution in [-0.4, -0.2) is 53.0 Å². The average molecular weight is 436 g/mol. The second-order valence-corrected chi connectivity index (χ2v) is 8.66. The number of rotatable bonds is 6. The molecule has 0 N–H and O–H groups in total. The van der Waals surface area contributed by atoms with Gasteiger partial charge in [-0.05, 0) is 36.1 Å². The zero-order valence-corrected chi connectivity index (χ0v) is 18.5. The molecule has 0 aliphatic carbocycles. The lowest BCUT2D eigenvalue weighted by Gasteiger charge is -2.50. The number of fused-ring (bicyclic) bond motifs is 3. The highest BCUT2D eigenvalue weighted by Crippen LogP contribution is 2.45. The van der Waals surface area contributed by atoms with Crippen molar-refractivity contribution in [1.29, 1.82) is 0 Å². The van der Waals surface area contributed by atoms with Crippen LogP contribution in [0.25, 0.3) is 0 Å². The molecular weight excluding hydrogens is 410 g/mol. The summed E-state index contributed by atoms with van der Waals surface area (Å²) in [7, 11) is 1.72. The molecule has 7 heteroatoms. The minimum absolute atomic E-state index is 0.153. The van der Waals surface area contributed by atoms with Gasteiger partial charge >= 0.3 is 0 Å². The smallest absolute Gasteiger partial charge is 0.270 e. The fourth-order valence-electron chi connectivity index (χ4n) is 4.53. The van der Waals surface area contributed by atoms with E-state index < -0.39 is 5.66 Å². The van der Waals surface area contributed by atoms with Gasteiger partial charge in [0.1, 0.15) is 0 Å². The highest BCUT2D eigenvalue weighted by atomic mass is 32.2. The topological polar surface area (TPSA) is 60.9 Å². The molecule has 1 saturated heterocycles.